The summed E-state index contributed by atoms with van der Waals surface area (Å²) in [6, 6.07) is 19.9. The van der Waals surface area contributed by atoms with Crippen molar-refractivity contribution in [3.8, 4) is 0 Å². The average Bonchev–Trinajstić information content (AvgIpc) is 3.28. The van der Waals surface area contributed by atoms with Gasteiger partial charge in [-0.3, -0.25) is 0 Å². The maximum absolute atomic E-state index is 5.99. The number of ether oxygens (including phenoxy) is 2. The second kappa shape index (κ2) is 10.4. The van der Waals surface area contributed by atoms with Gasteiger partial charge in [-0.2, -0.15) is 0 Å². The summed E-state index contributed by atoms with van der Waals surface area (Å²) >= 11 is 18.4. The van der Waals surface area contributed by atoms with Crippen LogP contribution < -0.4 is 0 Å². The van der Waals surface area contributed by atoms with Crippen LogP contribution in [-0.2, 0) is 15.3 Å². The Hall–Kier alpha value is -0.810. The summed E-state index contributed by atoms with van der Waals surface area (Å²) in [5, 5.41) is 0. The average molecular weight is 765 g/mol. The molecule has 1 N–H and O–H groups in total. The lowest BCUT2D eigenvalue weighted by Gasteiger charge is -2.31. The van der Waals surface area contributed by atoms with Gasteiger partial charge < -0.3 is 14.5 Å². The van der Waals surface area contributed by atoms with Crippen LogP contribution in [0.2, 0.25) is 0 Å². The van der Waals surface area contributed by atoms with Crippen molar-refractivity contribution in [2.45, 2.75) is 5.79 Å². The number of nitrogens with zero attached hydrogens (tertiary/aromatic N) is 1. The van der Waals surface area contributed by atoms with Crippen LogP contribution in [0.25, 0.3) is 5.57 Å². The van der Waals surface area contributed by atoms with Gasteiger partial charge in [0.2, 0.25) is 5.79 Å². The first-order valence-corrected chi connectivity index (χ1v) is 13.7. The third kappa shape index (κ3) is 4.46. The summed E-state index contributed by atoms with van der Waals surface area (Å²) in [6.45, 7) is 0. The second-order valence-electron chi connectivity index (χ2n) is 7.01. The zero-order chi connectivity index (χ0) is 23.8. The molecular weight excluding hydrogens is 748 g/mol. The van der Waals surface area contributed by atoms with E-state index in [4.69, 9.17) is 14.5 Å². The highest BCUT2D eigenvalue weighted by molar-refractivity contribution is 9.21. The predicted octanol–water partition coefficient (Wildman–Crippen LogP) is 8.60. The number of rotatable bonds is 6. The fourth-order valence-electron chi connectivity index (χ4n) is 3.74. The lowest BCUT2D eigenvalue weighted by atomic mass is 10.0. The topological polar surface area (TPSA) is 46.6 Å². The Bertz CT molecular complexity index is 1280. The summed E-state index contributed by atoms with van der Waals surface area (Å²) in [5.41, 5.74) is 5.08. The number of hydrogen-bond acceptors (Lipinski definition) is 3. The first-order chi connectivity index (χ1) is 15.9. The highest BCUT2D eigenvalue weighted by atomic mass is 79.9. The van der Waals surface area contributed by atoms with Crippen molar-refractivity contribution in [2.75, 3.05) is 14.2 Å². The van der Waals surface area contributed by atoms with E-state index < -0.39 is 5.79 Å². The van der Waals surface area contributed by atoms with Crippen LogP contribution in [0.15, 0.2) is 89.3 Å². The number of aliphatic imine (C=N–C) groups is 1. The lowest BCUT2D eigenvalue weighted by Crippen LogP contribution is -2.33. The van der Waals surface area contributed by atoms with Gasteiger partial charge in [0.05, 0.1) is 35.0 Å². The van der Waals surface area contributed by atoms with Crippen LogP contribution >= 0.6 is 79.6 Å². The number of nitrogens with one attached hydrogen (secondary N) is 1. The molecule has 0 saturated carbocycles. The second-order valence-corrected chi connectivity index (χ2v) is 10.9. The Kier molecular flexibility index (Phi) is 8.00. The number of allylic oxidation sites excluding steroid dienone is 2. The molecule has 0 atom stereocenters. The zero-order valence-corrected chi connectivity index (χ0v) is 25.4. The van der Waals surface area contributed by atoms with E-state index in [0.29, 0.717) is 4.62 Å². The monoisotopic (exact) mass is 760 g/mol. The fraction of sp³-hybridized carbons (Fsp3) is 0.125. The van der Waals surface area contributed by atoms with E-state index >= 15 is 0 Å². The van der Waals surface area contributed by atoms with Crippen molar-refractivity contribution in [3.05, 3.63) is 107 Å². The van der Waals surface area contributed by atoms with Gasteiger partial charge in [-0.15, -0.1) is 0 Å². The molecule has 2 aromatic carbocycles. The Morgan fingerprint density at radius 2 is 1.36 bits per heavy atom. The SMILES string of the molecule is COC(OC)(c1ccccc1)c1[nH]c(/C(=C2\N=C(Br)C(Br)=C2Br)c2ccccc2)c(Br)c1Br. The minimum Gasteiger partial charge on any atom is -0.352 e. The van der Waals surface area contributed by atoms with Crippen LogP contribution in [0.4, 0.5) is 0 Å². The summed E-state index contributed by atoms with van der Waals surface area (Å²) in [4.78, 5) is 8.34. The quantitative estimate of drug-likeness (QED) is 0.256. The van der Waals surface area contributed by atoms with Crippen LogP contribution in [0, 0.1) is 0 Å². The molecule has 9 heteroatoms. The molecule has 0 unspecified atom stereocenters. The van der Waals surface area contributed by atoms with Gasteiger partial charge in [-0.25, -0.2) is 4.99 Å². The molecule has 0 spiro atoms. The van der Waals surface area contributed by atoms with E-state index in [-0.39, 0.29) is 0 Å². The minimum absolute atomic E-state index is 0.715. The molecule has 3 aromatic rings. The van der Waals surface area contributed by atoms with Gasteiger partial charge in [0.25, 0.3) is 0 Å². The third-order valence-electron chi connectivity index (χ3n) is 5.28. The van der Waals surface area contributed by atoms with Crippen molar-refractivity contribution >= 4 is 89.8 Å². The summed E-state index contributed by atoms with van der Waals surface area (Å²) in [7, 11) is 3.26. The summed E-state index contributed by atoms with van der Waals surface area (Å²) < 4.78 is 16.0. The van der Waals surface area contributed by atoms with E-state index in [1.807, 2.05) is 48.5 Å². The van der Waals surface area contributed by atoms with E-state index in [1.165, 1.54) is 0 Å². The molecule has 0 amide bonds. The number of halogens is 5. The van der Waals surface area contributed by atoms with E-state index in [1.54, 1.807) is 14.2 Å². The van der Waals surface area contributed by atoms with Crippen LogP contribution in [0.1, 0.15) is 22.5 Å². The van der Waals surface area contributed by atoms with Gasteiger partial charge >= 0.3 is 0 Å². The molecule has 1 aliphatic heterocycles. The smallest absolute Gasteiger partial charge is 0.238 e. The standard InChI is InChI=1S/C24H17Br5N2O2/c1-32-24(33-2,14-11-7-4-8-12-14)22-18(27)16(25)20(30-22)15(13-9-5-3-6-10-13)21-17(26)19(28)23(29)31-21/h3-12,30H,1-2H3/b21-15-. The first kappa shape index (κ1) is 25.3. The minimum atomic E-state index is -1.15. The zero-order valence-electron chi connectivity index (χ0n) is 17.4. The molecule has 4 rings (SSSR count). The van der Waals surface area contributed by atoms with E-state index in [0.717, 1.165) is 51.7 Å². The molecule has 2 heterocycles. The van der Waals surface area contributed by atoms with Crippen molar-refractivity contribution in [1.82, 2.24) is 4.98 Å². The van der Waals surface area contributed by atoms with Gasteiger partial charge in [-0.05, 0) is 85.2 Å². The molecule has 0 bridgehead atoms. The van der Waals surface area contributed by atoms with Crippen LogP contribution in [-0.4, -0.2) is 23.8 Å². The van der Waals surface area contributed by atoms with Crippen molar-refractivity contribution in [1.29, 1.82) is 0 Å². The van der Waals surface area contributed by atoms with Crippen LogP contribution in [0.5, 0.6) is 0 Å². The predicted molar refractivity (Wildman–Crippen MR) is 151 cm³/mol. The number of aromatic nitrogens is 1. The van der Waals surface area contributed by atoms with E-state index in [9.17, 15) is 0 Å². The Morgan fingerprint density at radius 1 is 0.788 bits per heavy atom. The molecular formula is C24H17Br5N2O2. The fourth-order valence-corrected chi connectivity index (χ4v) is 6.19. The first-order valence-electron chi connectivity index (χ1n) is 9.69. The normalized spacial score (nSPS) is 15.8. The third-order valence-corrected chi connectivity index (χ3v) is 10.6. The van der Waals surface area contributed by atoms with Gasteiger partial charge in [-0.1, -0.05) is 60.7 Å². The number of aromatic amines is 1. The van der Waals surface area contributed by atoms with E-state index in [2.05, 4.69) is 96.8 Å². The Morgan fingerprint density at radius 3 is 1.88 bits per heavy atom. The number of benzene rings is 2. The highest BCUT2D eigenvalue weighted by Gasteiger charge is 2.40. The number of hydrogen-bond donors (Lipinski definition) is 1. The molecule has 33 heavy (non-hydrogen) atoms. The molecule has 0 saturated heterocycles. The van der Waals surface area contributed by atoms with Crippen molar-refractivity contribution in [3.63, 3.8) is 0 Å². The maximum atomic E-state index is 5.99. The maximum Gasteiger partial charge on any atom is 0.238 e. The molecule has 0 aliphatic carbocycles. The number of methoxy groups -OCH3 is 2. The number of H-pyrrole nitrogens is 1. The highest BCUT2D eigenvalue weighted by Crippen LogP contribution is 2.48. The molecule has 170 valence electrons. The van der Waals surface area contributed by atoms with Crippen LogP contribution in [0.3, 0.4) is 0 Å². The van der Waals surface area contributed by atoms with Gasteiger partial charge in [0, 0.05) is 25.4 Å². The molecule has 0 radical (unpaired) electrons. The van der Waals surface area contributed by atoms with Crippen molar-refractivity contribution < 1.29 is 9.47 Å². The molecule has 1 aromatic heterocycles. The van der Waals surface area contributed by atoms with Gasteiger partial charge in [0.15, 0.2) is 0 Å². The molecule has 4 nitrogen and oxygen atoms in total. The molecule has 1 aliphatic rings. The largest absolute Gasteiger partial charge is 0.352 e. The Balaban J connectivity index is 2.03. The Labute approximate surface area is 234 Å². The van der Waals surface area contributed by atoms with Gasteiger partial charge in [0.1, 0.15) is 4.62 Å². The van der Waals surface area contributed by atoms with Crippen molar-refractivity contribution in [2.24, 2.45) is 4.99 Å². The summed E-state index contributed by atoms with van der Waals surface area (Å²) in [6.07, 6.45) is 0. The lowest BCUT2D eigenvalue weighted by molar-refractivity contribution is -0.186. The summed E-state index contributed by atoms with van der Waals surface area (Å²) in [5.74, 6) is -1.15. The molecule has 0 fully saturated rings.